The summed E-state index contributed by atoms with van der Waals surface area (Å²) in [5, 5.41) is 11.1. The van der Waals surface area contributed by atoms with Crippen LogP contribution in [-0.4, -0.2) is 16.4 Å². The summed E-state index contributed by atoms with van der Waals surface area (Å²) in [6.07, 6.45) is 13.8. The first kappa shape index (κ1) is 32.0. The van der Waals surface area contributed by atoms with Crippen LogP contribution in [0.4, 0.5) is 0 Å². The van der Waals surface area contributed by atoms with Crippen LogP contribution in [0.5, 0.6) is 0 Å². The Labute approximate surface area is 235 Å². The zero-order valence-electron chi connectivity index (χ0n) is 21.4. The molecule has 0 heterocycles. The second-order valence-corrected chi connectivity index (χ2v) is 11.8. The Bertz CT molecular complexity index is 715. The molecule has 0 bridgehead atoms. The van der Waals surface area contributed by atoms with Crippen molar-refractivity contribution < 1.29 is 31.3 Å². The Morgan fingerprint density at radius 3 is 1.29 bits per heavy atom. The van der Waals surface area contributed by atoms with E-state index in [-0.39, 0.29) is 47.4 Å². The first-order chi connectivity index (χ1) is 16.4. The molecule has 3 aromatic rings. The van der Waals surface area contributed by atoms with Crippen LogP contribution in [0.2, 0.25) is 0 Å². The molecule has 0 aliphatic heterocycles. The number of aliphatic hydroxyl groups excluding tert-OH is 1. The predicted molar refractivity (Wildman–Crippen MR) is 149 cm³/mol. The summed E-state index contributed by atoms with van der Waals surface area (Å²) in [7, 11) is -0.279. The van der Waals surface area contributed by atoms with Crippen LogP contribution in [0.3, 0.4) is 0 Å². The van der Waals surface area contributed by atoms with Gasteiger partial charge in [-0.2, -0.15) is 72.8 Å². The van der Waals surface area contributed by atoms with Gasteiger partial charge in [0.1, 0.15) is 0 Å². The Hall–Kier alpha value is -1.07. The van der Waals surface area contributed by atoms with Crippen molar-refractivity contribution in [2.75, 3.05) is 0 Å². The standard InChI is InChI=1S/C19H29OP.2C6H5.CH3.Zr/c20-19(16-10-4-1-5-11-16)21(17-12-6-2-7-13-17)18-14-8-3-9-15-18;2*1-2-4-6-5-3-1;;/h1,4-5,10-11,17-20H,2-3,6-9,12-15H2;2*1-5H;1H3;/q;3*-1;+3. The third kappa shape index (κ3) is 12.1. The average Bonchev–Trinajstić information content (AvgIpc) is 2.93. The fraction of sp³-hybridized carbons (Fsp3) is 0.406. The summed E-state index contributed by atoms with van der Waals surface area (Å²) in [4.78, 5) is 0. The third-order valence-electron chi connectivity index (χ3n) is 6.59. The normalized spacial score (nSPS) is 16.7. The van der Waals surface area contributed by atoms with E-state index in [1.165, 1.54) is 69.8 Å². The molecule has 35 heavy (non-hydrogen) atoms. The molecule has 3 heteroatoms. The SMILES string of the molecule is OC(c1ccccc1)P(C1CCCCC1)C1CCCCC1.[CH3-].[Zr+3].[c-]1ccccc1.[c-]1ccccc1. The van der Waals surface area contributed by atoms with Gasteiger partial charge in [-0.05, 0) is 42.6 Å². The molecular weight excluding hydrogens is 523 g/mol. The van der Waals surface area contributed by atoms with Crippen molar-refractivity contribution in [1.29, 1.82) is 0 Å². The number of benzene rings is 3. The zero-order chi connectivity index (χ0) is 23.0. The predicted octanol–water partition coefficient (Wildman–Crippen LogP) is 9.25. The molecule has 0 spiro atoms. The Balaban J connectivity index is 0.000000360. The number of aliphatic hydroxyl groups is 1. The topological polar surface area (TPSA) is 20.2 Å². The maximum Gasteiger partial charge on any atom is 3.00 e. The van der Waals surface area contributed by atoms with Crippen LogP contribution in [0.1, 0.15) is 75.6 Å². The van der Waals surface area contributed by atoms with Gasteiger partial charge < -0.3 is 12.5 Å². The van der Waals surface area contributed by atoms with Crippen molar-refractivity contribution in [3.8, 4) is 0 Å². The molecular formula is C32H42OPZr. The van der Waals surface area contributed by atoms with Gasteiger partial charge in [-0.3, -0.25) is 0 Å². The van der Waals surface area contributed by atoms with Gasteiger partial charge in [0.2, 0.25) is 0 Å². The summed E-state index contributed by atoms with van der Waals surface area (Å²) >= 11 is 0. The maximum absolute atomic E-state index is 11.1. The van der Waals surface area contributed by atoms with Crippen LogP contribution in [0.15, 0.2) is 91.0 Å². The third-order valence-corrected chi connectivity index (χ3v) is 10.2. The fourth-order valence-corrected chi connectivity index (χ4v) is 8.77. The number of hydrogen-bond acceptors (Lipinski definition) is 1. The van der Waals surface area contributed by atoms with Gasteiger partial charge in [0, 0.05) is 0 Å². The van der Waals surface area contributed by atoms with Crippen LogP contribution in [-0.2, 0) is 26.2 Å². The monoisotopic (exact) mass is 563 g/mol. The van der Waals surface area contributed by atoms with Crippen molar-refractivity contribution in [2.24, 2.45) is 0 Å². The van der Waals surface area contributed by atoms with E-state index in [4.69, 9.17) is 0 Å². The van der Waals surface area contributed by atoms with E-state index in [0.717, 1.165) is 11.3 Å². The molecule has 2 saturated carbocycles. The molecule has 0 saturated heterocycles. The van der Waals surface area contributed by atoms with Gasteiger partial charge in [0.05, 0.1) is 5.85 Å². The molecule has 185 valence electrons. The molecule has 1 N–H and O–H groups in total. The van der Waals surface area contributed by atoms with E-state index in [0.29, 0.717) is 0 Å². The largest absolute Gasteiger partial charge is 3.00 e. The second-order valence-electron chi connectivity index (χ2n) is 8.97. The minimum atomic E-state index is -0.279. The minimum absolute atomic E-state index is 0. The van der Waals surface area contributed by atoms with E-state index in [1.807, 2.05) is 60.7 Å². The van der Waals surface area contributed by atoms with Crippen molar-refractivity contribution in [3.05, 3.63) is 116 Å². The van der Waals surface area contributed by atoms with Crippen molar-refractivity contribution in [1.82, 2.24) is 0 Å². The van der Waals surface area contributed by atoms with E-state index in [1.54, 1.807) is 0 Å². The first-order valence-corrected chi connectivity index (χ1v) is 14.2. The minimum Gasteiger partial charge on any atom is -0.384 e. The Morgan fingerprint density at radius 2 is 0.971 bits per heavy atom. The molecule has 1 radical (unpaired) electrons. The van der Waals surface area contributed by atoms with Gasteiger partial charge in [0.15, 0.2) is 0 Å². The zero-order valence-corrected chi connectivity index (χ0v) is 24.7. The Kier molecular flexibility index (Phi) is 18.3. The van der Waals surface area contributed by atoms with Crippen molar-refractivity contribution in [3.63, 3.8) is 0 Å². The summed E-state index contributed by atoms with van der Waals surface area (Å²) in [5.74, 6) is -0.188. The van der Waals surface area contributed by atoms with Gasteiger partial charge in [-0.25, -0.2) is 0 Å². The van der Waals surface area contributed by atoms with Crippen molar-refractivity contribution >= 4 is 7.92 Å². The smallest absolute Gasteiger partial charge is 0.384 e. The van der Waals surface area contributed by atoms with Gasteiger partial charge in [-0.15, -0.1) is 0 Å². The molecule has 0 amide bonds. The van der Waals surface area contributed by atoms with E-state index in [9.17, 15) is 5.11 Å². The molecule has 2 fully saturated rings. The molecule has 1 unspecified atom stereocenters. The average molecular weight is 565 g/mol. The van der Waals surface area contributed by atoms with Gasteiger partial charge >= 0.3 is 26.2 Å². The Morgan fingerprint density at radius 1 is 0.600 bits per heavy atom. The van der Waals surface area contributed by atoms with Crippen LogP contribution in [0.25, 0.3) is 0 Å². The first-order valence-electron chi connectivity index (χ1n) is 12.7. The fourth-order valence-electron chi connectivity index (χ4n) is 4.94. The molecule has 0 aromatic heterocycles. The molecule has 1 atom stereocenters. The quantitative estimate of drug-likeness (QED) is 0.247. The van der Waals surface area contributed by atoms with Crippen LogP contribution >= 0.6 is 7.92 Å². The number of rotatable bonds is 4. The van der Waals surface area contributed by atoms with E-state index >= 15 is 0 Å². The molecule has 2 aliphatic rings. The molecule has 2 aliphatic carbocycles. The van der Waals surface area contributed by atoms with Crippen LogP contribution in [0, 0.1) is 19.6 Å². The summed E-state index contributed by atoms with van der Waals surface area (Å²) in [6.45, 7) is 0. The summed E-state index contributed by atoms with van der Waals surface area (Å²) in [5.41, 5.74) is 2.79. The number of hydrogen-bond donors (Lipinski definition) is 1. The van der Waals surface area contributed by atoms with E-state index in [2.05, 4.69) is 42.5 Å². The summed E-state index contributed by atoms with van der Waals surface area (Å²) < 4.78 is 0. The van der Waals surface area contributed by atoms with Crippen LogP contribution < -0.4 is 0 Å². The van der Waals surface area contributed by atoms with Gasteiger partial charge in [-0.1, -0.05) is 76.8 Å². The molecule has 1 nitrogen and oxygen atoms in total. The molecule has 5 rings (SSSR count). The van der Waals surface area contributed by atoms with Gasteiger partial charge in [0.25, 0.3) is 0 Å². The van der Waals surface area contributed by atoms with Crippen molar-refractivity contribution in [2.45, 2.75) is 81.4 Å². The summed E-state index contributed by atoms with van der Waals surface area (Å²) in [6, 6.07) is 35.5. The second kappa shape index (κ2) is 20.0. The molecule has 3 aromatic carbocycles. The maximum atomic E-state index is 11.1. The van der Waals surface area contributed by atoms with E-state index < -0.39 is 0 Å².